The molecule has 1 rings (SSSR count). The molecule has 0 aliphatic heterocycles. The molecule has 0 bridgehead atoms. The molecule has 3 N–H and O–H groups in total. The van der Waals surface area contributed by atoms with Crippen LogP contribution in [0.3, 0.4) is 0 Å². The van der Waals surface area contributed by atoms with E-state index in [-0.39, 0.29) is 11.3 Å². The number of nitrogens with two attached hydrogens (primary N) is 1. The first-order chi connectivity index (χ1) is 8.96. The number of benzene rings is 1. The van der Waals surface area contributed by atoms with Crippen LogP contribution in [0.2, 0.25) is 0 Å². The molecule has 1 amide bonds. The summed E-state index contributed by atoms with van der Waals surface area (Å²) in [4.78, 5) is 10.6. The van der Waals surface area contributed by atoms with E-state index < -0.39 is 33.2 Å². The number of anilines is 1. The molecule has 0 aliphatic rings. The highest BCUT2D eigenvalue weighted by Crippen LogP contribution is 2.26. The largest absolute Gasteiger partial charge is 0.383 e. The monoisotopic (exact) mass is 314 g/mol. The average Bonchev–Trinajstić information content (AvgIpc) is 2.29. The van der Waals surface area contributed by atoms with Crippen LogP contribution in [0, 0.1) is 6.92 Å². The van der Waals surface area contributed by atoms with Gasteiger partial charge in [-0.25, -0.2) is 22.3 Å². The minimum absolute atomic E-state index is 0.214. The lowest BCUT2D eigenvalue weighted by Gasteiger charge is -2.15. The summed E-state index contributed by atoms with van der Waals surface area (Å²) in [6, 6.07) is 3.09. The van der Waals surface area contributed by atoms with Crippen LogP contribution in [0.5, 0.6) is 0 Å². The Kier molecular flexibility index (Phi) is 4.39. The van der Waals surface area contributed by atoms with Crippen molar-refractivity contribution in [2.75, 3.05) is 5.32 Å². The lowest BCUT2D eigenvalue weighted by molar-refractivity contribution is -0.163. The van der Waals surface area contributed by atoms with E-state index in [1.54, 1.807) is 0 Å². The fourth-order valence-electron chi connectivity index (χ4n) is 1.30. The first-order valence-corrected chi connectivity index (χ1v) is 6.61. The van der Waals surface area contributed by atoms with Gasteiger partial charge >= 0.3 is 18.3 Å². The Morgan fingerprint density at radius 2 is 1.90 bits per heavy atom. The van der Waals surface area contributed by atoms with E-state index in [2.05, 4.69) is 0 Å². The zero-order chi connectivity index (χ0) is 15.7. The molecule has 0 aromatic heterocycles. The number of amides is 1. The van der Waals surface area contributed by atoms with Gasteiger partial charge in [0.05, 0.1) is 4.90 Å². The number of hydrogen-bond acceptors (Lipinski definition) is 3. The highest BCUT2D eigenvalue weighted by Gasteiger charge is 2.48. The molecule has 10 heteroatoms. The molecule has 0 atom stereocenters. The molecule has 0 heterocycles. The van der Waals surface area contributed by atoms with E-state index in [9.17, 15) is 30.8 Å². The lowest BCUT2D eigenvalue weighted by Crippen LogP contribution is -2.41. The van der Waals surface area contributed by atoms with Crippen LogP contribution in [0.15, 0.2) is 23.1 Å². The van der Waals surface area contributed by atoms with Gasteiger partial charge in [0, 0.05) is 5.69 Å². The van der Waals surface area contributed by atoms with Gasteiger partial charge in [-0.05, 0) is 24.6 Å². The number of aryl methyl sites for hydroxylation is 1. The van der Waals surface area contributed by atoms with Crippen molar-refractivity contribution in [3.8, 4) is 0 Å². The zero-order valence-electron chi connectivity index (χ0n) is 10.0. The molecule has 0 saturated heterocycles. The van der Waals surface area contributed by atoms with Crippen molar-refractivity contribution in [2.45, 2.75) is 24.2 Å². The second kappa shape index (κ2) is 5.37. The Bertz CT molecular complexity index is 631. The summed E-state index contributed by atoms with van der Waals surface area (Å²) in [7, 11) is -4.13. The molecule has 1 aromatic carbocycles. The van der Waals surface area contributed by atoms with E-state index >= 15 is 0 Å². The van der Waals surface area contributed by atoms with Crippen molar-refractivity contribution >= 4 is 21.6 Å². The molecule has 0 spiro atoms. The third kappa shape index (κ3) is 3.45. The number of halogens is 4. The Balaban J connectivity index is 3.10. The van der Waals surface area contributed by atoms with Gasteiger partial charge < -0.3 is 5.32 Å². The van der Waals surface area contributed by atoms with Crippen LogP contribution in [-0.4, -0.2) is 26.7 Å². The first kappa shape index (κ1) is 16.4. The maximum Gasteiger partial charge on any atom is 0.383 e. The van der Waals surface area contributed by atoms with Crippen molar-refractivity contribution in [2.24, 2.45) is 5.14 Å². The Morgan fingerprint density at radius 1 is 1.35 bits per heavy atom. The van der Waals surface area contributed by atoms with E-state index in [4.69, 9.17) is 5.14 Å². The van der Waals surface area contributed by atoms with Crippen molar-refractivity contribution in [1.29, 1.82) is 0 Å². The second-order valence-electron chi connectivity index (χ2n) is 3.90. The van der Waals surface area contributed by atoms with Crippen molar-refractivity contribution in [3.63, 3.8) is 0 Å². The predicted molar refractivity (Wildman–Crippen MR) is 62.1 cm³/mol. The molecule has 0 unspecified atom stereocenters. The number of primary sulfonamides is 1. The summed E-state index contributed by atoms with van der Waals surface area (Å²) in [6.45, 7) is 1.39. The number of carbonyl (C=O) groups is 1. The third-order valence-electron chi connectivity index (χ3n) is 2.33. The normalized spacial score (nSPS) is 12.6. The van der Waals surface area contributed by atoms with E-state index in [1.165, 1.54) is 18.3 Å². The third-order valence-corrected chi connectivity index (χ3v) is 3.38. The molecule has 20 heavy (non-hydrogen) atoms. The van der Waals surface area contributed by atoms with Crippen molar-refractivity contribution in [3.05, 3.63) is 23.8 Å². The SMILES string of the molecule is Cc1ccc(NC(=O)C(F)(F)C(F)F)cc1S(N)(=O)=O. The van der Waals surface area contributed by atoms with Gasteiger partial charge in [0.15, 0.2) is 0 Å². The predicted octanol–water partition coefficient (Wildman–Crippen LogP) is 1.48. The van der Waals surface area contributed by atoms with Gasteiger partial charge in [-0.15, -0.1) is 0 Å². The summed E-state index contributed by atoms with van der Waals surface area (Å²) in [5.41, 5.74) is -0.170. The summed E-state index contributed by atoms with van der Waals surface area (Å²) in [5, 5.41) is 6.40. The van der Waals surface area contributed by atoms with Gasteiger partial charge in [-0.1, -0.05) is 6.07 Å². The number of alkyl halides is 4. The molecular formula is C10H10F4N2O3S. The summed E-state index contributed by atoms with van der Waals surface area (Å²) < 4.78 is 71.8. The maximum atomic E-state index is 12.7. The van der Waals surface area contributed by atoms with Gasteiger partial charge in [-0.3, -0.25) is 4.79 Å². The number of hydrogen-bond donors (Lipinski definition) is 2. The zero-order valence-corrected chi connectivity index (χ0v) is 10.8. The van der Waals surface area contributed by atoms with Gasteiger partial charge in [0.25, 0.3) is 0 Å². The molecule has 0 saturated carbocycles. The minimum Gasteiger partial charge on any atom is -0.321 e. The number of sulfonamides is 1. The second-order valence-corrected chi connectivity index (χ2v) is 5.43. The summed E-state index contributed by atoms with van der Waals surface area (Å²) in [6.07, 6.45) is -4.18. The van der Waals surface area contributed by atoms with Crippen LogP contribution in [0.25, 0.3) is 0 Å². The van der Waals surface area contributed by atoms with Crippen LogP contribution in [0.1, 0.15) is 5.56 Å². The summed E-state index contributed by atoms with van der Waals surface area (Å²) in [5.74, 6) is -7.12. The molecule has 112 valence electrons. The Morgan fingerprint density at radius 3 is 2.35 bits per heavy atom. The van der Waals surface area contributed by atoms with Gasteiger partial charge in [0.1, 0.15) is 0 Å². The quantitative estimate of drug-likeness (QED) is 0.825. The van der Waals surface area contributed by atoms with Crippen molar-refractivity contribution in [1.82, 2.24) is 0 Å². The topological polar surface area (TPSA) is 89.3 Å². The highest BCUT2D eigenvalue weighted by molar-refractivity contribution is 7.89. The molecule has 0 aliphatic carbocycles. The van der Waals surface area contributed by atoms with Crippen LogP contribution < -0.4 is 10.5 Å². The fourth-order valence-corrected chi connectivity index (χ4v) is 2.11. The van der Waals surface area contributed by atoms with Gasteiger partial charge in [-0.2, -0.15) is 8.78 Å². The number of nitrogens with one attached hydrogen (secondary N) is 1. The fraction of sp³-hybridized carbons (Fsp3) is 0.300. The number of rotatable bonds is 4. The Labute approximate surface area is 111 Å². The standard InChI is InChI=1S/C10H10F4N2O3S/c1-5-2-3-6(4-7(5)20(15,18)19)16-9(17)10(13,14)8(11)12/h2-4,8H,1H3,(H,16,17)(H2,15,18,19). The van der Waals surface area contributed by atoms with Crippen LogP contribution >= 0.6 is 0 Å². The lowest BCUT2D eigenvalue weighted by atomic mass is 10.2. The minimum atomic E-state index is -4.88. The highest BCUT2D eigenvalue weighted by atomic mass is 32.2. The maximum absolute atomic E-state index is 12.7. The van der Waals surface area contributed by atoms with E-state index in [0.29, 0.717) is 0 Å². The smallest absolute Gasteiger partial charge is 0.321 e. The van der Waals surface area contributed by atoms with Crippen LogP contribution in [0.4, 0.5) is 23.2 Å². The molecule has 5 nitrogen and oxygen atoms in total. The molecular weight excluding hydrogens is 304 g/mol. The average molecular weight is 314 g/mol. The Hall–Kier alpha value is -1.68. The molecule has 1 aromatic rings. The molecule has 0 radical (unpaired) electrons. The van der Waals surface area contributed by atoms with Crippen molar-refractivity contribution < 1.29 is 30.8 Å². The molecule has 0 fully saturated rings. The number of carbonyl (C=O) groups excluding carboxylic acids is 1. The van der Waals surface area contributed by atoms with Crippen LogP contribution in [-0.2, 0) is 14.8 Å². The van der Waals surface area contributed by atoms with Gasteiger partial charge in [0.2, 0.25) is 10.0 Å². The first-order valence-electron chi connectivity index (χ1n) is 5.07. The van der Waals surface area contributed by atoms with E-state index in [1.807, 2.05) is 0 Å². The van der Waals surface area contributed by atoms with E-state index in [0.717, 1.165) is 12.1 Å². The summed E-state index contributed by atoms with van der Waals surface area (Å²) >= 11 is 0.